The lowest BCUT2D eigenvalue weighted by molar-refractivity contribution is -0.304. The molecule has 0 spiro atoms. The molecule has 1 fully saturated rings. The molecule has 0 aromatic heterocycles. The Morgan fingerprint density at radius 2 is 1.88 bits per heavy atom. The van der Waals surface area contributed by atoms with Crippen molar-refractivity contribution in [3.63, 3.8) is 0 Å². The quantitative estimate of drug-likeness (QED) is 0.376. The van der Waals surface area contributed by atoms with Crippen LogP contribution in [0.5, 0.6) is 0 Å². The molecule has 1 saturated heterocycles. The molecule has 7 heteroatoms. The minimum absolute atomic E-state index is 0.157. The largest absolute Gasteiger partial charge is 0.456 e. The molecule has 1 rings (SSSR count). The molecule has 0 saturated carbocycles. The van der Waals surface area contributed by atoms with E-state index in [1.807, 2.05) is 0 Å². The number of aliphatic hydroxyl groups is 3. The third-order valence-electron chi connectivity index (χ3n) is 4.26. The van der Waals surface area contributed by atoms with Gasteiger partial charge in [0.25, 0.3) is 0 Å². The summed E-state index contributed by atoms with van der Waals surface area (Å²) in [5.74, 6) is -1.36. The van der Waals surface area contributed by atoms with Crippen LogP contribution >= 0.6 is 0 Å². The lowest BCUT2D eigenvalue weighted by atomic mass is 9.98. The summed E-state index contributed by atoms with van der Waals surface area (Å²) in [5, 5.41) is 29.9. The van der Waals surface area contributed by atoms with Crippen molar-refractivity contribution in [2.24, 2.45) is 5.92 Å². The van der Waals surface area contributed by atoms with Crippen LogP contribution in [0.3, 0.4) is 0 Å². The van der Waals surface area contributed by atoms with Crippen molar-refractivity contribution in [3.8, 4) is 0 Å². The number of aliphatic hydroxyl groups excluding tert-OH is 3. The van der Waals surface area contributed by atoms with Gasteiger partial charge < -0.3 is 29.5 Å². The Morgan fingerprint density at radius 1 is 1.20 bits per heavy atom. The van der Waals surface area contributed by atoms with Crippen molar-refractivity contribution in [1.29, 1.82) is 0 Å². The molecule has 6 atom stereocenters. The maximum atomic E-state index is 11.9. The van der Waals surface area contributed by atoms with E-state index < -0.39 is 49.2 Å². The minimum Gasteiger partial charge on any atom is -0.456 e. The van der Waals surface area contributed by atoms with Gasteiger partial charge in [0.05, 0.1) is 12.5 Å². The summed E-state index contributed by atoms with van der Waals surface area (Å²) in [6.07, 6.45) is 0.411. The third-order valence-corrected chi connectivity index (χ3v) is 4.26. The molecule has 25 heavy (non-hydrogen) atoms. The molecular weight excluding hydrogens is 328 g/mol. The normalized spacial score (nSPS) is 31.4. The average molecular weight is 363 g/mol. The number of carbonyl (C=O) groups excluding carboxylic acids is 1. The number of hydrogen-bond acceptors (Lipinski definition) is 7. The zero-order chi connectivity index (χ0) is 19.5. The first-order valence-corrected chi connectivity index (χ1v) is 9.20. The molecule has 148 valence electrons. The van der Waals surface area contributed by atoms with Gasteiger partial charge in [-0.05, 0) is 6.42 Å². The number of unbranched alkanes of at least 4 members (excludes halogenated alkanes) is 5. The van der Waals surface area contributed by atoms with Crippen molar-refractivity contribution >= 4 is 5.97 Å². The summed E-state index contributed by atoms with van der Waals surface area (Å²) in [6, 6.07) is 0. The molecule has 2 unspecified atom stereocenters. The highest BCUT2D eigenvalue weighted by Crippen LogP contribution is 2.25. The second kappa shape index (κ2) is 11.8. The van der Waals surface area contributed by atoms with Crippen LogP contribution in [0.1, 0.15) is 60.6 Å². The highest BCUT2D eigenvalue weighted by molar-refractivity contribution is 5.71. The molecule has 3 N–H and O–H groups in total. The number of esters is 1. The summed E-state index contributed by atoms with van der Waals surface area (Å²) < 4.78 is 23.4. The number of hydrogen-bond donors (Lipinski definition) is 3. The van der Waals surface area contributed by atoms with Gasteiger partial charge in [-0.3, -0.25) is 4.79 Å². The van der Waals surface area contributed by atoms with Gasteiger partial charge >= 0.3 is 5.97 Å². The Balaban J connectivity index is 2.53. The fourth-order valence-corrected chi connectivity index (χ4v) is 2.66. The molecular formula is C18H34O7. The van der Waals surface area contributed by atoms with Gasteiger partial charge in [-0.15, -0.1) is 0 Å². The van der Waals surface area contributed by atoms with Gasteiger partial charge in [-0.25, -0.2) is 0 Å². The topological polar surface area (TPSA) is 105 Å². The lowest BCUT2D eigenvalue weighted by Crippen LogP contribution is -2.60. The SMILES string of the molecule is [2H]CC(C)C(=O)O[C@H]1[C@H](O)[C@@H](CO)OC(OCCCCCCCC)[C@@H]1O. The van der Waals surface area contributed by atoms with Gasteiger partial charge in [-0.2, -0.15) is 0 Å². The first kappa shape index (κ1) is 20.6. The maximum Gasteiger partial charge on any atom is 0.308 e. The number of ether oxygens (including phenoxy) is 3. The smallest absolute Gasteiger partial charge is 0.308 e. The van der Waals surface area contributed by atoms with Gasteiger partial charge in [0.2, 0.25) is 0 Å². The molecule has 0 bridgehead atoms. The predicted octanol–water partition coefficient (Wildman–Crippen LogP) is 1.37. The highest BCUT2D eigenvalue weighted by atomic mass is 16.7. The Hall–Kier alpha value is -0.730. The van der Waals surface area contributed by atoms with Crippen LogP contribution < -0.4 is 0 Å². The van der Waals surface area contributed by atoms with E-state index in [0.717, 1.165) is 19.3 Å². The zero-order valence-electron chi connectivity index (χ0n) is 16.3. The van der Waals surface area contributed by atoms with Gasteiger partial charge in [-0.1, -0.05) is 52.9 Å². The zero-order valence-corrected chi connectivity index (χ0v) is 15.3. The lowest BCUT2D eigenvalue weighted by Gasteiger charge is -2.41. The van der Waals surface area contributed by atoms with E-state index >= 15 is 0 Å². The van der Waals surface area contributed by atoms with Gasteiger partial charge in [0.15, 0.2) is 12.4 Å². The molecule has 7 nitrogen and oxygen atoms in total. The second-order valence-corrected chi connectivity index (χ2v) is 6.65. The minimum atomic E-state index is -1.37. The summed E-state index contributed by atoms with van der Waals surface area (Å²) in [7, 11) is 0. The van der Waals surface area contributed by atoms with Crippen molar-refractivity contribution < 1.29 is 35.7 Å². The highest BCUT2D eigenvalue weighted by Gasteiger charge is 2.47. The standard InChI is InChI=1S/C18H34O7/c1-4-5-6-7-8-9-10-23-18-15(21)16(25-17(22)12(2)3)14(20)13(11-19)24-18/h12-16,18-21H,4-11H2,1-3H3/t13-,14-,15-,16+,18?/m1/s1/i2D/t12?,13-,14-,15-,16+,18?. The first-order chi connectivity index (χ1) is 12.5. The Morgan fingerprint density at radius 3 is 2.52 bits per heavy atom. The Bertz CT molecular complexity index is 396. The maximum absolute atomic E-state index is 11.9. The van der Waals surface area contributed by atoms with E-state index in [1.54, 1.807) is 0 Å². The summed E-state index contributed by atoms with van der Waals surface area (Å²) in [6.45, 7) is 3.41. The Kier molecular flexibility index (Phi) is 9.72. The molecule has 0 amide bonds. The van der Waals surface area contributed by atoms with Crippen LogP contribution in [-0.2, 0) is 19.0 Å². The molecule has 1 aliphatic heterocycles. The van der Waals surface area contributed by atoms with Crippen molar-refractivity contribution in [2.45, 2.75) is 90.0 Å². The van der Waals surface area contributed by atoms with Gasteiger partial charge in [0.1, 0.15) is 18.3 Å². The fraction of sp³-hybridized carbons (Fsp3) is 0.944. The molecule has 0 aromatic rings. The van der Waals surface area contributed by atoms with E-state index in [0.29, 0.717) is 6.61 Å². The van der Waals surface area contributed by atoms with Crippen molar-refractivity contribution in [1.82, 2.24) is 0 Å². The molecule has 0 aliphatic carbocycles. The fourth-order valence-electron chi connectivity index (χ4n) is 2.66. The van der Waals surface area contributed by atoms with Crippen molar-refractivity contribution in [3.05, 3.63) is 0 Å². The number of carbonyl (C=O) groups is 1. The molecule has 0 aromatic carbocycles. The average Bonchev–Trinajstić information content (AvgIpc) is 2.65. The monoisotopic (exact) mass is 363 g/mol. The number of rotatable bonds is 11. The summed E-state index contributed by atoms with van der Waals surface area (Å²) in [5.41, 5.74) is 0. The van der Waals surface area contributed by atoms with Crippen LogP contribution in [-0.4, -0.2) is 65.2 Å². The van der Waals surface area contributed by atoms with E-state index in [2.05, 4.69) is 6.92 Å². The molecule has 1 aliphatic rings. The molecule has 1 heterocycles. The molecule has 0 radical (unpaired) electrons. The summed E-state index contributed by atoms with van der Waals surface area (Å²) in [4.78, 5) is 11.9. The predicted molar refractivity (Wildman–Crippen MR) is 91.8 cm³/mol. The van der Waals surface area contributed by atoms with Crippen molar-refractivity contribution in [2.75, 3.05) is 13.2 Å². The summed E-state index contributed by atoms with van der Waals surface area (Å²) >= 11 is 0. The van der Waals surface area contributed by atoms with Crippen LogP contribution in [0, 0.1) is 5.92 Å². The van der Waals surface area contributed by atoms with Crippen LogP contribution in [0.15, 0.2) is 0 Å². The van der Waals surface area contributed by atoms with E-state index in [1.165, 1.54) is 26.2 Å². The van der Waals surface area contributed by atoms with E-state index in [-0.39, 0.29) is 6.90 Å². The van der Waals surface area contributed by atoms with E-state index in [9.17, 15) is 20.1 Å². The van der Waals surface area contributed by atoms with E-state index in [4.69, 9.17) is 15.6 Å². The van der Waals surface area contributed by atoms with Gasteiger partial charge in [0, 0.05) is 7.98 Å². The van der Waals surface area contributed by atoms with Crippen LogP contribution in [0.2, 0.25) is 0 Å². The van der Waals surface area contributed by atoms with Crippen LogP contribution in [0.4, 0.5) is 0 Å². The van der Waals surface area contributed by atoms with Crippen LogP contribution in [0.25, 0.3) is 0 Å². The second-order valence-electron chi connectivity index (χ2n) is 6.65. The third kappa shape index (κ3) is 7.19. The Labute approximate surface area is 151 Å². The first-order valence-electron chi connectivity index (χ1n) is 9.90.